The summed E-state index contributed by atoms with van der Waals surface area (Å²) in [6.45, 7) is 2.56. The van der Waals surface area contributed by atoms with E-state index in [-0.39, 0.29) is 18.4 Å². The highest BCUT2D eigenvalue weighted by atomic mass is 16.5. The maximum atomic E-state index is 12.9. The maximum Gasteiger partial charge on any atom is 0.248 e. The summed E-state index contributed by atoms with van der Waals surface area (Å²) in [7, 11) is 3.15. The van der Waals surface area contributed by atoms with Gasteiger partial charge in [0.15, 0.2) is 0 Å². The molecule has 0 saturated carbocycles. The highest BCUT2D eigenvalue weighted by molar-refractivity contribution is 5.87. The van der Waals surface area contributed by atoms with Crippen molar-refractivity contribution in [3.8, 4) is 5.75 Å². The summed E-state index contributed by atoms with van der Waals surface area (Å²) in [5, 5.41) is 0. The van der Waals surface area contributed by atoms with Crippen LogP contribution in [0.25, 0.3) is 0 Å². The van der Waals surface area contributed by atoms with Gasteiger partial charge in [0.2, 0.25) is 11.8 Å². The van der Waals surface area contributed by atoms with Crippen LogP contribution in [0.3, 0.4) is 0 Å². The summed E-state index contributed by atoms with van der Waals surface area (Å²) in [6.07, 6.45) is 1.56. The molecule has 130 valence electrons. The first-order chi connectivity index (χ1) is 11.6. The molecule has 1 aromatic carbocycles. The lowest BCUT2D eigenvalue weighted by molar-refractivity contribution is -0.137. The Morgan fingerprint density at radius 1 is 1.25 bits per heavy atom. The molecule has 6 heteroatoms. The van der Waals surface area contributed by atoms with Crippen molar-refractivity contribution in [1.29, 1.82) is 0 Å². The largest absolute Gasteiger partial charge is 0.497 e. The van der Waals surface area contributed by atoms with Crippen LogP contribution in [0.2, 0.25) is 0 Å². The average molecular weight is 332 g/mol. The van der Waals surface area contributed by atoms with Gasteiger partial charge in [-0.05, 0) is 30.5 Å². The molecule has 24 heavy (non-hydrogen) atoms. The number of carbonyl (C=O) groups excluding carboxylic acids is 2. The van der Waals surface area contributed by atoms with Crippen LogP contribution in [0.5, 0.6) is 5.75 Å². The summed E-state index contributed by atoms with van der Waals surface area (Å²) in [6, 6.07) is 7.80. The van der Waals surface area contributed by atoms with Gasteiger partial charge in [0.05, 0.1) is 12.5 Å². The third-order valence-electron chi connectivity index (χ3n) is 5.08. The van der Waals surface area contributed by atoms with E-state index in [0.717, 1.165) is 30.7 Å². The van der Waals surface area contributed by atoms with Crippen molar-refractivity contribution in [1.82, 2.24) is 9.80 Å². The Labute approximate surface area is 142 Å². The summed E-state index contributed by atoms with van der Waals surface area (Å²) < 4.78 is 10.2. The van der Waals surface area contributed by atoms with Gasteiger partial charge < -0.3 is 19.3 Å². The third kappa shape index (κ3) is 3.11. The predicted octanol–water partition coefficient (Wildman–Crippen LogP) is 1.29. The highest BCUT2D eigenvalue weighted by Crippen LogP contribution is 2.41. The summed E-state index contributed by atoms with van der Waals surface area (Å²) in [5.74, 6) is 0.928. The first-order valence-corrected chi connectivity index (χ1v) is 8.27. The van der Waals surface area contributed by atoms with Crippen molar-refractivity contribution in [3.63, 3.8) is 0 Å². The molecule has 1 unspecified atom stereocenters. The lowest BCUT2D eigenvalue weighted by atomic mass is 9.85. The minimum absolute atomic E-state index is 0.0339. The van der Waals surface area contributed by atoms with E-state index >= 15 is 0 Å². The molecular weight excluding hydrogens is 308 g/mol. The van der Waals surface area contributed by atoms with Gasteiger partial charge in [-0.25, -0.2) is 0 Å². The van der Waals surface area contributed by atoms with E-state index in [4.69, 9.17) is 9.47 Å². The van der Waals surface area contributed by atoms with Gasteiger partial charge in [-0.3, -0.25) is 9.59 Å². The van der Waals surface area contributed by atoms with E-state index in [9.17, 15) is 9.59 Å². The van der Waals surface area contributed by atoms with Crippen LogP contribution in [0.4, 0.5) is 0 Å². The summed E-state index contributed by atoms with van der Waals surface area (Å²) >= 11 is 0. The highest BCUT2D eigenvalue weighted by Gasteiger charge is 2.51. The molecule has 0 aromatic heterocycles. The molecule has 3 rings (SSSR count). The molecule has 6 nitrogen and oxygen atoms in total. The smallest absolute Gasteiger partial charge is 0.248 e. The third-order valence-corrected chi connectivity index (χ3v) is 5.08. The number of amides is 2. The van der Waals surface area contributed by atoms with Crippen LogP contribution in [0.1, 0.15) is 18.4 Å². The van der Waals surface area contributed by atoms with Gasteiger partial charge in [-0.2, -0.15) is 0 Å². The summed E-state index contributed by atoms with van der Waals surface area (Å²) in [4.78, 5) is 28.6. The molecule has 0 N–H and O–H groups in total. The maximum absolute atomic E-state index is 12.9. The molecule has 2 amide bonds. The molecule has 2 aliphatic heterocycles. The number of benzene rings is 1. The van der Waals surface area contributed by atoms with E-state index < -0.39 is 5.41 Å². The lowest BCUT2D eigenvalue weighted by Gasteiger charge is -2.23. The molecule has 0 radical (unpaired) electrons. The normalized spacial score (nSPS) is 23.3. The fourth-order valence-electron chi connectivity index (χ4n) is 3.71. The van der Waals surface area contributed by atoms with Crippen LogP contribution in [0.15, 0.2) is 24.3 Å². The number of methoxy groups -OCH3 is 2. The van der Waals surface area contributed by atoms with Crippen LogP contribution in [-0.4, -0.2) is 62.1 Å². The monoisotopic (exact) mass is 332 g/mol. The second-order valence-corrected chi connectivity index (χ2v) is 6.61. The average Bonchev–Trinajstić information content (AvgIpc) is 3.15. The second kappa shape index (κ2) is 6.81. The fraction of sp³-hybridized carbons (Fsp3) is 0.556. The zero-order valence-electron chi connectivity index (χ0n) is 14.3. The van der Waals surface area contributed by atoms with Crippen LogP contribution in [-0.2, 0) is 20.9 Å². The minimum Gasteiger partial charge on any atom is -0.497 e. The summed E-state index contributed by atoms with van der Waals surface area (Å²) in [5.41, 5.74) is 0.660. The van der Waals surface area contributed by atoms with E-state index in [1.54, 1.807) is 12.0 Å². The molecule has 1 aromatic rings. The van der Waals surface area contributed by atoms with Crippen molar-refractivity contribution >= 4 is 11.8 Å². The van der Waals surface area contributed by atoms with Crippen molar-refractivity contribution in [2.45, 2.75) is 19.4 Å². The Bertz CT molecular complexity index is 633. The standard InChI is InChI=1S/C18H24N2O4/c1-23-12-16(21)20-9-7-18(13-20)6-8-19(17(18)22)11-14-4-3-5-15(10-14)24-2/h3-5,10H,6-9,11-13H2,1-2H3. The second-order valence-electron chi connectivity index (χ2n) is 6.61. The van der Waals surface area contributed by atoms with Gasteiger partial charge in [-0.1, -0.05) is 12.1 Å². The van der Waals surface area contributed by atoms with Gasteiger partial charge in [0.1, 0.15) is 12.4 Å². The zero-order chi connectivity index (χ0) is 17.2. The van der Waals surface area contributed by atoms with Gasteiger partial charge in [-0.15, -0.1) is 0 Å². The molecule has 0 aliphatic carbocycles. The fourth-order valence-corrected chi connectivity index (χ4v) is 3.71. The van der Waals surface area contributed by atoms with Gasteiger partial charge >= 0.3 is 0 Å². The Hall–Kier alpha value is -2.08. The van der Waals surface area contributed by atoms with E-state index in [1.165, 1.54) is 7.11 Å². The zero-order valence-corrected chi connectivity index (χ0v) is 14.3. The van der Waals surface area contributed by atoms with Crippen molar-refractivity contribution < 1.29 is 19.1 Å². The number of hydrogen-bond acceptors (Lipinski definition) is 4. The van der Waals surface area contributed by atoms with Crippen LogP contribution >= 0.6 is 0 Å². The first-order valence-electron chi connectivity index (χ1n) is 8.27. The lowest BCUT2D eigenvalue weighted by Crippen LogP contribution is -2.39. The van der Waals surface area contributed by atoms with E-state index in [1.807, 2.05) is 29.2 Å². The van der Waals surface area contributed by atoms with Gasteiger partial charge in [0, 0.05) is 33.3 Å². The molecule has 1 atom stereocenters. The Kier molecular flexibility index (Phi) is 4.76. The van der Waals surface area contributed by atoms with Crippen LogP contribution < -0.4 is 4.74 Å². The van der Waals surface area contributed by atoms with Gasteiger partial charge in [0.25, 0.3) is 0 Å². The first kappa shape index (κ1) is 16.8. The molecule has 2 heterocycles. The molecule has 2 saturated heterocycles. The van der Waals surface area contributed by atoms with Crippen molar-refractivity contribution in [3.05, 3.63) is 29.8 Å². The Balaban J connectivity index is 1.66. The van der Waals surface area contributed by atoms with E-state index in [2.05, 4.69) is 0 Å². The molecule has 1 spiro atoms. The molecule has 0 bridgehead atoms. The number of nitrogens with zero attached hydrogens (tertiary/aromatic N) is 2. The topological polar surface area (TPSA) is 59.1 Å². The number of rotatable bonds is 5. The minimum atomic E-state index is -0.401. The Morgan fingerprint density at radius 2 is 2.04 bits per heavy atom. The quantitative estimate of drug-likeness (QED) is 0.815. The van der Waals surface area contributed by atoms with Crippen molar-refractivity contribution in [2.24, 2.45) is 5.41 Å². The van der Waals surface area contributed by atoms with Crippen LogP contribution in [0, 0.1) is 5.41 Å². The SMILES string of the molecule is COCC(=O)N1CCC2(CCN(Cc3cccc(OC)c3)C2=O)C1. The molecular formula is C18H24N2O4. The number of likely N-dealkylation sites (tertiary alicyclic amines) is 2. The Morgan fingerprint density at radius 3 is 2.79 bits per heavy atom. The number of carbonyl (C=O) groups is 2. The molecule has 2 aliphatic rings. The number of hydrogen-bond donors (Lipinski definition) is 0. The van der Waals surface area contributed by atoms with Crippen molar-refractivity contribution in [2.75, 3.05) is 40.5 Å². The van der Waals surface area contributed by atoms with E-state index in [0.29, 0.717) is 19.6 Å². The number of ether oxygens (including phenoxy) is 2. The predicted molar refractivity (Wildman–Crippen MR) is 88.5 cm³/mol. The molecule has 2 fully saturated rings.